The molecule has 7 heteroatoms. The predicted octanol–water partition coefficient (Wildman–Crippen LogP) is 5.03. The first-order valence-corrected chi connectivity index (χ1v) is 10.6. The quantitative estimate of drug-likeness (QED) is 0.639. The van der Waals surface area contributed by atoms with Gasteiger partial charge in [0.1, 0.15) is 5.01 Å². The lowest BCUT2D eigenvalue weighted by molar-refractivity contribution is 0.207. The number of carbonyl (C=O) groups excluding carboxylic acids is 1. The molecule has 2 amide bonds. The summed E-state index contributed by atoms with van der Waals surface area (Å²) in [6.45, 7) is 5.27. The van der Waals surface area contributed by atoms with Crippen LogP contribution < -0.4 is 14.8 Å². The molecule has 1 aliphatic heterocycles. The van der Waals surface area contributed by atoms with Gasteiger partial charge in [-0.2, -0.15) is 0 Å². The lowest BCUT2D eigenvalue weighted by Crippen LogP contribution is -2.38. The van der Waals surface area contributed by atoms with Gasteiger partial charge >= 0.3 is 6.03 Å². The highest BCUT2D eigenvalue weighted by molar-refractivity contribution is 7.15. The number of thiazole rings is 1. The number of ether oxygens (including phenoxy) is 2. The number of benzene rings is 2. The summed E-state index contributed by atoms with van der Waals surface area (Å²) in [7, 11) is 3.25. The number of nitrogens with one attached hydrogen (secondary N) is 1. The number of methoxy groups -OCH3 is 2. The maximum Gasteiger partial charge on any atom is 0.322 e. The van der Waals surface area contributed by atoms with Gasteiger partial charge in [0.25, 0.3) is 0 Å². The SMILES string of the molecule is COc1ccc(-c2nc3c(s2)CN(C(=O)Nc2ccc(C)cc2C)CC3)cc1OC. The number of nitrogens with zero attached hydrogens (tertiary/aromatic N) is 2. The highest BCUT2D eigenvalue weighted by Gasteiger charge is 2.25. The summed E-state index contributed by atoms with van der Waals surface area (Å²) in [6, 6.07) is 11.8. The van der Waals surface area contributed by atoms with Crippen molar-refractivity contribution in [1.82, 2.24) is 9.88 Å². The number of amides is 2. The number of fused-ring (bicyclic) bond motifs is 1. The van der Waals surface area contributed by atoms with E-state index >= 15 is 0 Å². The van der Waals surface area contributed by atoms with E-state index in [9.17, 15) is 4.79 Å². The van der Waals surface area contributed by atoms with Crippen molar-refractivity contribution in [1.29, 1.82) is 0 Å². The zero-order valence-corrected chi connectivity index (χ0v) is 18.4. The van der Waals surface area contributed by atoms with Crippen LogP contribution in [0.4, 0.5) is 10.5 Å². The summed E-state index contributed by atoms with van der Waals surface area (Å²) in [5, 5.41) is 3.97. The lowest BCUT2D eigenvalue weighted by atomic mass is 10.1. The Balaban J connectivity index is 1.51. The van der Waals surface area contributed by atoms with Gasteiger partial charge in [0.2, 0.25) is 0 Å². The van der Waals surface area contributed by atoms with Crippen LogP contribution in [0.5, 0.6) is 11.5 Å². The zero-order valence-electron chi connectivity index (χ0n) is 17.6. The topological polar surface area (TPSA) is 63.7 Å². The molecular formula is C23H25N3O3S. The Bertz CT molecular complexity index is 1090. The van der Waals surface area contributed by atoms with Crippen LogP contribution >= 0.6 is 11.3 Å². The van der Waals surface area contributed by atoms with E-state index in [-0.39, 0.29) is 6.03 Å². The highest BCUT2D eigenvalue weighted by atomic mass is 32.1. The predicted molar refractivity (Wildman–Crippen MR) is 120 cm³/mol. The van der Waals surface area contributed by atoms with Crippen molar-refractivity contribution in [3.05, 3.63) is 58.1 Å². The van der Waals surface area contributed by atoms with E-state index in [1.54, 1.807) is 25.6 Å². The molecule has 2 heterocycles. The van der Waals surface area contributed by atoms with Gasteiger partial charge in [-0.05, 0) is 43.7 Å². The Kier molecular flexibility index (Phi) is 5.63. The second-order valence-corrected chi connectivity index (χ2v) is 8.46. The molecule has 30 heavy (non-hydrogen) atoms. The van der Waals surface area contributed by atoms with E-state index in [1.807, 2.05) is 49.1 Å². The van der Waals surface area contributed by atoms with Crippen LogP contribution in [-0.2, 0) is 13.0 Å². The minimum atomic E-state index is -0.0753. The van der Waals surface area contributed by atoms with Gasteiger partial charge in [-0.25, -0.2) is 9.78 Å². The van der Waals surface area contributed by atoms with Gasteiger partial charge in [0.05, 0.1) is 26.5 Å². The van der Waals surface area contributed by atoms with Gasteiger partial charge in [-0.1, -0.05) is 17.7 Å². The summed E-state index contributed by atoms with van der Waals surface area (Å²) in [6.07, 6.45) is 0.749. The van der Waals surface area contributed by atoms with Crippen molar-refractivity contribution in [3.63, 3.8) is 0 Å². The molecule has 1 aromatic heterocycles. The molecule has 0 atom stereocenters. The molecule has 0 saturated heterocycles. The molecule has 2 aromatic carbocycles. The smallest absolute Gasteiger partial charge is 0.322 e. The van der Waals surface area contributed by atoms with Gasteiger partial charge in [0, 0.05) is 29.1 Å². The zero-order chi connectivity index (χ0) is 21.3. The van der Waals surface area contributed by atoms with E-state index in [4.69, 9.17) is 14.5 Å². The average Bonchev–Trinajstić information content (AvgIpc) is 3.18. The van der Waals surface area contributed by atoms with Crippen molar-refractivity contribution in [2.24, 2.45) is 0 Å². The van der Waals surface area contributed by atoms with E-state index in [2.05, 4.69) is 11.4 Å². The van der Waals surface area contributed by atoms with Crippen molar-refractivity contribution in [2.45, 2.75) is 26.8 Å². The maximum atomic E-state index is 12.8. The summed E-state index contributed by atoms with van der Waals surface area (Å²) in [5.41, 5.74) is 5.15. The number of aryl methyl sites for hydroxylation is 2. The normalized spacial score (nSPS) is 13.0. The number of carbonyl (C=O) groups is 1. The number of rotatable bonds is 4. The molecule has 0 aliphatic carbocycles. The first-order chi connectivity index (χ1) is 14.5. The molecule has 1 aliphatic rings. The Labute approximate surface area is 180 Å². The molecule has 4 rings (SSSR count). The molecule has 0 fully saturated rings. The maximum absolute atomic E-state index is 12.8. The van der Waals surface area contributed by atoms with Crippen molar-refractivity contribution < 1.29 is 14.3 Å². The van der Waals surface area contributed by atoms with Crippen LogP contribution in [0.1, 0.15) is 21.7 Å². The van der Waals surface area contributed by atoms with Crippen LogP contribution in [0.2, 0.25) is 0 Å². The fraction of sp³-hybridized carbons (Fsp3) is 0.304. The van der Waals surface area contributed by atoms with Gasteiger partial charge in [-0.3, -0.25) is 0 Å². The Morgan fingerprint density at radius 1 is 1.10 bits per heavy atom. The van der Waals surface area contributed by atoms with Crippen LogP contribution in [0.25, 0.3) is 10.6 Å². The van der Waals surface area contributed by atoms with Crippen LogP contribution in [0.3, 0.4) is 0 Å². The molecule has 6 nitrogen and oxygen atoms in total. The minimum absolute atomic E-state index is 0.0753. The first kappa shape index (κ1) is 20.2. The monoisotopic (exact) mass is 423 g/mol. The third-order valence-corrected chi connectivity index (χ3v) is 6.40. The highest BCUT2D eigenvalue weighted by Crippen LogP contribution is 2.36. The number of hydrogen-bond acceptors (Lipinski definition) is 5. The number of hydrogen-bond donors (Lipinski definition) is 1. The van der Waals surface area contributed by atoms with Gasteiger partial charge in [0.15, 0.2) is 11.5 Å². The summed E-state index contributed by atoms with van der Waals surface area (Å²) >= 11 is 1.62. The van der Waals surface area contributed by atoms with E-state index in [0.29, 0.717) is 24.6 Å². The fourth-order valence-electron chi connectivity index (χ4n) is 3.61. The van der Waals surface area contributed by atoms with Gasteiger partial charge in [-0.15, -0.1) is 11.3 Å². The summed E-state index contributed by atoms with van der Waals surface area (Å²) in [4.78, 5) is 20.6. The van der Waals surface area contributed by atoms with E-state index < -0.39 is 0 Å². The molecule has 0 saturated carbocycles. The number of anilines is 1. The largest absolute Gasteiger partial charge is 0.493 e. The van der Waals surface area contributed by atoms with Gasteiger partial charge < -0.3 is 19.7 Å². The van der Waals surface area contributed by atoms with Crippen LogP contribution in [0, 0.1) is 13.8 Å². The van der Waals surface area contributed by atoms with Crippen molar-refractivity contribution in [2.75, 3.05) is 26.1 Å². The Morgan fingerprint density at radius 3 is 2.63 bits per heavy atom. The number of urea groups is 1. The number of aromatic nitrogens is 1. The Hall–Kier alpha value is -3.06. The van der Waals surface area contributed by atoms with E-state index in [0.717, 1.165) is 38.8 Å². The second kappa shape index (κ2) is 8.36. The molecule has 0 spiro atoms. The molecular weight excluding hydrogens is 398 g/mol. The van der Waals surface area contributed by atoms with E-state index in [1.165, 1.54) is 5.56 Å². The summed E-state index contributed by atoms with van der Waals surface area (Å²) in [5.74, 6) is 1.37. The second-order valence-electron chi connectivity index (χ2n) is 7.38. The third kappa shape index (κ3) is 3.98. The Morgan fingerprint density at radius 2 is 1.90 bits per heavy atom. The lowest BCUT2D eigenvalue weighted by Gasteiger charge is -2.26. The molecule has 156 valence electrons. The molecule has 0 unspecified atom stereocenters. The molecule has 0 bridgehead atoms. The van der Waals surface area contributed by atoms with Crippen LogP contribution in [-0.4, -0.2) is 36.7 Å². The molecule has 3 aromatic rings. The van der Waals surface area contributed by atoms with Crippen LogP contribution in [0.15, 0.2) is 36.4 Å². The minimum Gasteiger partial charge on any atom is -0.493 e. The van der Waals surface area contributed by atoms with Crippen molar-refractivity contribution >= 4 is 23.1 Å². The summed E-state index contributed by atoms with van der Waals surface area (Å²) < 4.78 is 10.7. The third-order valence-electron chi connectivity index (χ3n) is 5.27. The van der Waals surface area contributed by atoms with Crippen molar-refractivity contribution in [3.8, 4) is 22.1 Å². The molecule has 0 radical (unpaired) electrons. The fourth-order valence-corrected chi connectivity index (χ4v) is 4.73. The standard InChI is InChI=1S/C23H25N3O3S/c1-14-5-7-17(15(2)11-14)25-23(27)26-10-9-18-21(13-26)30-22(24-18)16-6-8-19(28-3)20(12-16)29-4/h5-8,11-12H,9-10,13H2,1-4H3,(H,25,27). The first-order valence-electron chi connectivity index (χ1n) is 9.82. The average molecular weight is 424 g/mol. The molecule has 1 N–H and O–H groups in total.